The van der Waals surface area contributed by atoms with Crippen LogP contribution in [0.25, 0.3) is 0 Å². The molecule has 3 rings (SSSR count). The number of anilines is 3. The van der Waals surface area contributed by atoms with Crippen molar-refractivity contribution in [1.29, 1.82) is 0 Å². The van der Waals surface area contributed by atoms with Crippen LogP contribution in [0.1, 0.15) is 0 Å². The quantitative estimate of drug-likeness (QED) is 0.390. The van der Waals surface area contributed by atoms with Crippen molar-refractivity contribution < 1.29 is 14.8 Å². The van der Waals surface area contributed by atoms with Crippen molar-refractivity contribution in [2.45, 2.75) is 0 Å². The fraction of sp³-hybridized carbons (Fsp3) is 0.143. The summed E-state index contributed by atoms with van der Waals surface area (Å²) in [6.07, 6.45) is 0. The van der Waals surface area contributed by atoms with Crippen molar-refractivity contribution in [3.8, 4) is 11.5 Å². The molecule has 0 saturated heterocycles. The summed E-state index contributed by atoms with van der Waals surface area (Å²) in [7, 11) is 0. The number of fused-ring (bicyclic) bond motifs is 1. The number of nitrogens with zero attached hydrogens (tertiary/aromatic N) is 1. The minimum Gasteiger partial charge on any atom is -0.506 e. The van der Waals surface area contributed by atoms with Crippen molar-refractivity contribution in [3.63, 3.8) is 0 Å². The highest BCUT2D eigenvalue weighted by Crippen LogP contribution is 2.37. The molecule has 0 saturated carbocycles. The summed E-state index contributed by atoms with van der Waals surface area (Å²) in [4.78, 5) is 10.1. The average Bonchev–Trinajstić information content (AvgIpc) is 2.53. The van der Waals surface area contributed by atoms with Gasteiger partial charge in [-0.15, -0.1) is 0 Å². The minimum atomic E-state index is -0.461. The number of phenolic OH excluding ortho intramolecular Hbond substituents is 1. The van der Waals surface area contributed by atoms with Crippen molar-refractivity contribution in [1.82, 2.24) is 0 Å². The first-order valence-electron chi connectivity index (χ1n) is 6.63. The van der Waals surface area contributed by atoms with Crippen LogP contribution >= 0.6 is 0 Å². The molecule has 8 heteroatoms. The Morgan fingerprint density at radius 2 is 2.00 bits per heavy atom. The number of rotatable bonds is 4. The number of non-ortho nitro benzene ring substituents is 1. The highest BCUT2D eigenvalue weighted by atomic mass is 16.6. The number of nitro groups is 1. The van der Waals surface area contributed by atoms with Crippen LogP contribution in [-0.4, -0.2) is 23.2 Å². The summed E-state index contributed by atoms with van der Waals surface area (Å²) in [6.45, 7) is 1.26. The van der Waals surface area contributed by atoms with Crippen LogP contribution in [-0.2, 0) is 0 Å². The summed E-state index contributed by atoms with van der Waals surface area (Å²) in [6, 6.07) is 9.17. The first-order valence-corrected chi connectivity index (χ1v) is 6.63. The van der Waals surface area contributed by atoms with Gasteiger partial charge in [0.05, 0.1) is 22.0 Å². The predicted octanol–water partition coefficient (Wildman–Crippen LogP) is 2.54. The number of nitro benzene ring substituents is 1. The van der Waals surface area contributed by atoms with E-state index in [0.29, 0.717) is 30.3 Å². The number of ether oxygens (including phenoxy) is 1. The van der Waals surface area contributed by atoms with Gasteiger partial charge in [0, 0.05) is 30.8 Å². The van der Waals surface area contributed by atoms with Crippen LogP contribution in [0.4, 0.5) is 22.7 Å². The van der Waals surface area contributed by atoms with Crippen LogP contribution in [0.5, 0.6) is 11.5 Å². The van der Waals surface area contributed by atoms with Crippen LogP contribution in [0.15, 0.2) is 36.4 Å². The molecule has 0 amide bonds. The van der Waals surface area contributed by atoms with Gasteiger partial charge in [0.25, 0.3) is 5.69 Å². The van der Waals surface area contributed by atoms with Gasteiger partial charge in [0.1, 0.15) is 18.1 Å². The molecule has 0 atom stereocenters. The first kappa shape index (κ1) is 13.8. The summed E-state index contributed by atoms with van der Waals surface area (Å²) >= 11 is 0. The molecule has 2 aromatic rings. The number of nitrogens with one attached hydrogen (secondary N) is 3. The average molecular weight is 302 g/mol. The second kappa shape index (κ2) is 5.68. The zero-order chi connectivity index (χ0) is 15.5. The van der Waals surface area contributed by atoms with Gasteiger partial charge in [-0.2, -0.15) is 0 Å². The largest absolute Gasteiger partial charge is 0.506 e. The van der Waals surface area contributed by atoms with E-state index in [2.05, 4.69) is 16.2 Å². The van der Waals surface area contributed by atoms with E-state index in [9.17, 15) is 15.2 Å². The molecular weight excluding hydrogens is 288 g/mol. The Bertz CT molecular complexity index is 703. The maximum absolute atomic E-state index is 10.6. The molecule has 2 aromatic carbocycles. The summed E-state index contributed by atoms with van der Waals surface area (Å²) in [5.74, 6) is 0.711. The second-order valence-electron chi connectivity index (χ2n) is 4.69. The first-order chi connectivity index (χ1) is 10.6. The van der Waals surface area contributed by atoms with E-state index < -0.39 is 4.92 Å². The lowest BCUT2D eigenvalue weighted by Gasteiger charge is -2.21. The second-order valence-corrected chi connectivity index (χ2v) is 4.69. The molecule has 114 valence electrons. The maximum atomic E-state index is 10.6. The molecular formula is C14H14N4O4. The number of hydrogen-bond donors (Lipinski definition) is 4. The van der Waals surface area contributed by atoms with Gasteiger partial charge in [-0.05, 0) is 12.1 Å². The van der Waals surface area contributed by atoms with Crippen LogP contribution < -0.4 is 20.9 Å². The lowest BCUT2D eigenvalue weighted by molar-refractivity contribution is -0.384. The number of benzene rings is 2. The Balaban J connectivity index is 1.72. The minimum absolute atomic E-state index is 0.0154. The fourth-order valence-electron chi connectivity index (χ4n) is 2.08. The third kappa shape index (κ3) is 2.80. The maximum Gasteiger partial charge on any atom is 0.269 e. The van der Waals surface area contributed by atoms with Gasteiger partial charge in [-0.25, -0.2) is 0 Å². The van der Waals surface area contributed by atoms with Gasteiger partial charge in [-0.3, -0.25) is 15.5 Å². The van der Waals surface area contributed by atoms with E-state index in [1.165, 1.54) is 12.1 Å². The molecule has 0 radical (unpaired) electrons. The lowest BCUT2D eigenvalue weighted by Crippen LogP contribution is -2.18. The van der Waals surface area contributed by atoms with Crippen molar-refractivity contribution in [2.75, 3.05) is 29.3 Å². The SMILES string of the molecule is O=[N+]([O-])c1ccc(NNc2cc3c(cc2O)NCCO3)cc1. The number of hydrogen-bond acceptors (Lipinski definition) is 7. The molecule has 0 fully saturated rings. The fourth-order valence-corrected chi connectivity index (χ4v) is 2.08. The Hall–Kier alpha value is -3.16. The summed E-state index contributed by atoms with van der Waals surface area (Å²) in [5, 5.41) is 23.7. The number of aromatic hydroxyl groups is 1. The van der Waals surface area contributed by atoms with E-state index >= 15 is 0 Å². The Morgan fingerprint density at radius 3 is 2.73 bits per heavy atom. The van der Waals surface area contributed by atoms with E-state index in [-0.39, 0.29) is 11.4 Å². The van der Waals surface area contributed by atoms with Gasteiger partial charge in [0.15, 0.2) is 0 Å². The standard InChI is InChI=1S/C14H14N4O4/c19-13-7-12-14(22-6-5-15-12)8-11(13)17-16-9-1-3-10(4-2-9)18(20)21/h1-4,7-8,15-17,19H,5-6H2. The molecule has 1 aliphatic rings. The van der Waals surface area contributed by atoms with E-state index in [0.717, 1.165) is 5.69 Å². The van der Waals surface area contributed by atoms with Crippen LogP contribution in [0.3, 0.4) is 0 Å². The number of hydrazine groups is 1. The molecule has 0 bridgehead atoms. The normalized spacial score (nSPS) is 12.5. The molecule has 0 aromatic heterocycles. The topological polar surface area (TPSA) is 109 Å². The Kier molecular flexibility index (Phi) is 3.57. The van der Waals surface area contributed by atoms with Crippen molar-refractivity contribution in [2.24, 2.45) is 0 Å². The lowest BCUT2D eigenvalue weighted by atomic mass is 10.2. The number of phenols is 1. The molecule has 4 N–H and O–H groups in total. The van der Waals surface area contributed by atoms with Gasteiger partial charge < -0.3 is 20.6 Å². The van der Waals surface area contributed by atoms with Gasteiger partial charge >= 0.3 is 0 Å². The van der Waals surface area contributed by atoms with Crippen molar-refractivity contribution >= 4 is 22.7 Å². The Labute approximate surface area is 125 Å². The third-order valence-electron chi connectivity index (χ3n) is 3.19. The zero-order valence-electron chi connectivity index (χ0n) is 11.5. The molecule has 22 heavy (non-hydrogen) atoms. The van der Waals surface area contributed by atoms with Crippen molar-refractivity contribution in [3.05, 3.63) is 46.5 Å². The van der Waals surface area contributed by atoms with Gasteiger partial charge in [0.2, 0.25) is 0 Å². The molecule has 0 spiro atoms. The van der Waals surface area contributed by atoms with Gasteiger partial charge in [-0.1, -0.05) is 0 Å². The molecule has 0 unspecified atom stereocenters. The summed E-state index contributed by atoms with van der Waals surface area (Å²) in [5.41, 5.74) is 7.54. The molecule has 1 heterocycles. The molecule has 0 aliphatic carbocycles. The highest BCUT2D eigenvalue weighted by Gasteiger charge is 2.13. The monoisotopic (exact) mass is 302 g/mol. The highest BCUT2D eigenvalue weighted by molar-refractivity contribution is 5.72. The van der Waals surface area contributed by atoms with E-state index in [1.54, 1.807) is 24.3 Å². The smallest absolute Gasteiger partial charge is 0.269 e. The van der Waals surface area contributed by atoms with Crippen LogP contribution in [0, 0.1) is 10.1 Å². The zero-order valence-corrected chi connectivity index (χ0v) is 11.5. The summed E-state index contributed by atoms with van der Waals surface area (Å²) < 4.78 is 5.50. The predicted molar refractivity (Wildman–Crippen MR) is 82.4 cm³/mol. The third-order valence-corrected chi connectivity index (χ3v) is 3.19. The van der Waals surface area contributed by atoms with E-state index in [4.69, 9.17) is 4.74 Å². The van der Waals surface area contributed by atoms with Crippen LogP contribution in [0.2, 0.25) is 0 Å². The Morgan fingerprint density at radius 1 is 1.23 bits per heavy atom. The molecule has 8 nitrogen and oxygen atoms in total. The molecule has 1 aliphatic heterocycles. The van der Waals surface area contributed by atoms with E-state index in [1.807, 2.05) is 0 Å².